The van der Waals surface area contributed by atoms with Crippen LogP contribution in [0.4, 0.5) is 0 Å². The summed E-state index contributed by atoms with van der Waals surface area (Å²) < 4.78 is 0. The van der Waals surface area contributed by atoms with Crippen LogP contribution >= 0.6 is 0 Å². The quantitative estimate of drug-likeness (QED) is 0.896. The van der Waals surface area contributed by atoms with Gasteiger partial charge in [0.1, 0.15) is 0 Å². The molecule has 0 aliphatic carbocycles. The van der Waals surface area contributed by atoms with Gasteiger partial charge in [-0.25, -0.2) is 0 Å². The van der Waals surface area contributed by atoms with Gasteiger partial charge < -0.3 is 15.1 Å². The van der Waals surface area contributed by atoms with Crippen molar-refractivity contribution in [1.29, 1.82) is 0 Å². The van der Waals surface area contributed by atoms with E-state index in [9.17, 15) is 9.59 Å². The standard InChI is InChI=1S/C18H25N3O2/c1-14-12-21(11-9-19-14)18(23)16-8-5-10-20(13-16)17(22)15-6-3-2-4-7-15/h2-4,6-7,14,16,19H,5,8-13H2,1H3. The Kier molecular flexibility index (Phi) is 4.96. The van der Waals surface area contributed by atoms with Crippen molar-refractivity contribution in [3.8, 4) is 0 Å². The van der Waals surface area contributed by atoms with Crippen LogP contribution in [0.5, 0.6) is 0 Å². The number of carbonyl (C=O) groups is 2. The number of hydrogen-bond donors (Lipinski definition) is 1. The maximum atomic E-state index is 12.8. The van der Waals surface area contributed by atoms with Gasteiger partial charge in [-0.05, 0) is 31.9 Å². The number of hydrogen-bond acceptors (Lipinski definition) is 3. The number of benzene rings is 1. The minimum atomic E-state index is -0.0540. The lowest BCUT2D eigenvalue weighted by molar-refractivity contribution is -0.138. The molecule has 1 aromatic rings. The van der Waals surface area contributed by atoms with E-state index in [1.807, 2.05) is 40.1 Å². The molecular formula is C18H25N3O2. The van der Waals surface area contributed by atoms with E-state index in [1.165, 1.54) is 0 Å². The molecule has 2 fully saturated rings. The molecular weight excluding hydrogens is 290 g/mol. The lowest BCUT2D eigenvalue weighted by Crippen LogP contribution is -2.54. The van der Waals surface area contributed by atoms with Crippen molar-refractivity contribution >= 4 is 11.8 Å². The third-order valence-electron chi connectivity index (χ3n) is 4.76. The van der Waals surface area contributed by atoms with Crippen molar-refractivity contribution in [2.75, 3.05) is 32.7 Å². The highest BCUT2D eigenvalue weighted by Gasteiger charge is 2.32. The monoisotopic (exact) mass is 315 g/mol. The number of likely N-dealkylation sites (tertiary alicyclic amines) is 1. The van der Waals surface area contributed by atoms with Crippen molar-refractivity contribution < 1.29 is 9.59 Å². The second-order valence-electron chi connectivity index (χ2n) is 6.60. The molecule has 2 heterocycles. The molecule has 3 rings (SSSR count). The van der Waals surface area contributed by atoms with E-state index in [0.717, 1.165) is 39.0 Å². The molecule has 0 bridgehead atoms. The van der Waals surface area contributed by atoms with E-state index in [1.54, 1.807) is 0 Å². The second kappa shape index (κ2) is 7.13. The lowest BCUT2D eigenvalue weighted by Gasteiger charge is -2.38. The van der Waals surface area contributed by atoms with Gasteiger partial charge in [-0.15, -0.1) is 0 Å². The Labute approximate surface area is 137 Å². The molecule has 5 nitrogen and oxygen atoms in total. The molecule has 2 unspecified atom stereocenters. The number of nitrogens with zero attached hydrogens (tertiary/aromatic N) is 2. The van der Waals surface area contributed by atoms with Gasteiger partial charge in [0.25, 0.3) is 5.91 Å². The number of carbonyl (C=O) groups excluding carboxylic acids is 2. The average Bonchev–Trinajstić information content (AvgIpc) is 2.61. The Morgan fingerprint density at radius 2 is 1.87 bits per heavy atom. The zero-order chi connectivity index (χ0) is 16.2. The van der Waals surface area contributed by atoms with Crippen LogP contribution < -0.4 is 5.32 Å². The van der Waals surface area contributed by atoms with Crippen LogP contribution in [-0.4, -0.2) is 60.4 Å². The molecule has 124 valence electrons. The highest BCUT2D eigenvalue weighted by atomic mass is 16.2. The molecule has 0 spiro atoms. The Bertz CT molecular complexity index is 561. The third-order valence-corrected chi connectivity index (χ3v) is 4.76. The summed E-state index contributed by atoms with van der Waals surface area (Å²) in [7, 11) is 0. The fraction of sp³-hybridized carbons (Fsp3) is 0.556. The second-order valence-corrected chi connectivity index (χ2v) is 6.60. The zero-order valence-corrected chi connectivity index (χ0v) is 13.7. The van der Waals surface area contributed by atoms with Gasteiger partial charge in [0.2, 0.25) is 5.91 Å². The van der Waals surface area contributed by atoms with Crippen molar-refractivity contribution in [2.45, 2.75) is 25.8 Å². The fourth-order valence-electron chi connectivity index (χ4n) is 3.52. The molecule has 5 heteroatoms. The molecule has 2 saturated heterocycles. The van der Waals surface area contributed by atoms with Crippen LogP contribution in [0, 0.1) is 5.92 Å². The van der Waals surface area contributed by atoms with Gasteiger partial charge in [0.05, 0.1) is 5.92 Å². The molecule has 2 atom stereocenters. The highest BCUT2D eigenvalue weighted by Crippen LogP contribution is 2.21. The largest absolute Gasteiger partial charge is 0.340 e. The number of piperazine rings is 1. The molecule has 0 radical (unpaired) electrons. The molecule has 0 saturated carbocycles. The number of nitrogens with one attached hydrogen (secondary N) is 1. The molecule has 2 amide bonds. The topological polar surface area (TPSA) is 52.7 Å². The summed E-state index contributed by atoms with van der Waals surface area (Å²) in [5.74, 6) is 0.197. The van der Waals surface area contributed by atoms with Crippen molar-refractivity contribution in [2.24, 2.45) is 5.92 Å². The minimum Gasteiger partial charge on any atom is -0.340 e. The van der Waals surface area contributed by atoms with Crippen LogP contribution in [0.3, 0.4) is 0 Å². The lowest BCUT2D eigenvalue weighted by atomic mass is 9.95. The predicted molar refractivity (Wildman–Crippen MR) is 89.1 cm³/mol. The average molecular weight is 315 g/mol. The first-order valence-corrected chi connectivity index (χ1v) is 8.51. The van der Waals surface area contributed by atoms with Gasteiger partial charge in [0.15, 0.2) is 0 Å². The number of rotatable bonds is 2. The van der Waals surface area contributed by atoms with Crippen molar-refractivity contribution in [1.82, 2.24) is 15.1 Å². The Morgan fingerprint density at radius 3 is 2.61 bits per heavy atom. The zero-order valence-electron chi connectivity index (χ0n) is 13.7. The van der Waals surface area contributed by atoms with Gasteiger partial charge >= 0.3 is 0 Å². The summed E-state index contributed by atoms with van der Waals surface area (Å²) in [4.78, 5) is 29.2. The summed E-state index contributed by atoms with van der Waals surface area (Å²) in [6.45, 7) is 5.78. The molecule has 1 N–H and O–H groups in total. The highest BCUT2D eigenvalue weighted by molar-refractivity contribution is 5.94. The van der Waals surface area contributed by atoms with E-state index in [-0.39, 0.29) is 17.7 Å². The Balaban J connectivity index is 1.64. The summed E-state index contributed by atoms with van der Waals surface area (Å²) in [6.07, 6.45) is 1.78. The Morgan fingerprint density at radius 1 is 1.09 bits per heavy atom. The smallest absolute Gasteiger partial charge is 0.253 e. The van der Waals surface area contributed by atoms with E-state index in [2.05, 4.69) is 12.2 Å². The van der Waals surface area contributed by atoms with Gasteiger partial charge in [-0.1, -0.05) is 18.2 Å². The normalized spacial score (nSPS) is 25.3. The summed E-state index contributed by atoms with van der Waals surface area (Å²) in [6, 6.07) is 9.69. The van der Waals surface area contributed by atoms with Gasteiger partial charge in [-0.3, -0.25) is 9.59 Å². The minimum absolute atomic E-state index is 0.0387. The van der Waals surface area contributed by atoms with Crippen LogP contribution in [0.15, 0.2) is 30.3 Å². The third kappa shape index (κ3) is 3.72. The van der Waals surface area contributed by atoms with Crippen molar-refractivity contribution in [3.63, 3.8) is 0 Å². The van der Waals surface area contributed by atoms with Crippen LogP contribution in [0.25, 0.3) is 0 Å². The maximum absolute atomic E-state index is 12.8. The summed E-state index contributed by atoms with van der Waals surface area (Å²) in [5.41, 5.74) is 0.705. The van der Waals surface area contributed by atoms with Crippen LogP contribution in [-0.2, 0) is 4.79 Å². The van der Waals surface area contributed by atoms with E-state index < -0.39 is 0 Å². The summed E-state index contributed by atoms with van der Waals surface area (Å²) >= 11 is 0. The fourth-order valence-corrected chi connectivity index (χ4v) is 3.52. The van der Waals surface area contributed by atoms with Crippen molar-refractivity contribution in [3.05, 3.63) is 35.9 Å². The van der Waals surface area contributed by atoms with Crippen LogP contribution in [0.1, 0.15) is 30.1 Å². The summed E-state index contributed by atoms with van der Waals surface area (Å²) in [5, 5.41) is 3.36. The molecule has 1 aromatic carbocycles. The predicted octanol–water partition coefficient (Wildman–Crippen LogP) is 1.36. The van der Waals surface area contributed by atoms with Crippen LogP contribution in [0.2, 0.25) is 0 Å². The van der Waals surface area contributed by atoms with E-state index in [0.29, 0.717) is 18.2 Å². The van der Waals surface area contributed by atoms with Gasteiger partial charge in [-0.2, -0.15) is 0 Å². The molecule has 2 aliphatic rings. The van der Waals surface area contributed by atoms with Gasteiger partial charge in [0, 0.05) is 44.3 Å². The first-order chi connectivity index (χ1) is 11.1. The molecule has 23 heavy (non-hydrogen) atoms. The van der Waals surface area contributed by atoms with E-state index in [4.69, 9.17) is 0 Å². The Hall–Kier alpha value is -1.88. The number of amides is 2. The molecule has 2 aliphatic heterocycles. The molecule has 0 aromatic heterocycles. The van der Waals surface area contributed by atoms with E-state index >= 15 is 0 Å². The maximum Gasteiger partial charge on any atom is 0.253 e. The number of piperidine rings is 1. The SMILES string of the molecule is CC1CN(C(=O)C2CCCN(C(=O)c3ccccc3)C2)CCN1. The first-order valence-electron chi connectivity index (χ1n) is 8.51. The first kappa shape index (κ1) is 16.0.